The molecular weight excluding hydrogens is 348 g/mol. The molecule has 1 aliphatic rings. The van der Waals surface area contributed by atoms with Crippen molar-refractivity contribution in [2.75, 3.05) is 6.54 Å². The number of amides is 1. The van der Waals surface area contributed by atoms with Gasteiger partial charge in [0.1, 0.15) is 5.82 Å². The number of rotatable bonds is 7. The molecule has 0 aromatic carbocycles. The minimum atomic E-state index is 0.156. The van der Waals surface area contributed by atoms with Crippen molar-refractivity contribution < 1.29 is 4.79 Å². The molecule has 0 atom stereocenters. The van der Waals surface area contributed by atoms with E-state index in [1.807, 2.05) is 37.6 Å². The van der Waals surface area contributed by atoms with Gasteiger partial charge in [-0.15, -0.1) is 0 Å². The molecule has 2 aromatic rings. The Bertz CT molecular complexity index is 765. The molecule has 1 amide bonds. The summed E-state index contributed by atoms with van der Waals surface area (Å²) in [4.78, 5) is 25.6. The van der Waals surface area contributed by atoms with E-state index >= 15 is 0 Å². The molecule has 5 nitrogen and oxygen atoms in total. The first-order valence-corrected chi connectivity index (χ1v) is 10.6. The lowest BCUT2D eigenvalue weighted by Gasteiger charge is -2.29. The maximum absolute atomic E-state index is 12.2. The molecule has 5 heteroatoms. The number of hydrogen-bond acceptors (Lipinski definition) is 4. The van der Waals surface area contributed by atoms with Crippen molar-refractivity contribution >= 4 is 5.91 Å². The first-order chi connectivity index (χ1) is 13.6. The van der Waals surface area contributed by atoms with E-state index in [9.17, 15) is 4.79 Å². The van der Waals surface area contributed by atoms with Gasteiger partial charge in [-0.25, -0.2) is 9.97 Å². The van der Waals surface area contributed by atoms with E-state index in [0.717, 1.165) is 62.0 Å². The van der Waals surface area contributed by atoms with Gasteiger partial charge in [0.05, 0.1) is 5.69 Å². The summed E-state index contributed by atoms with van der Waals surface area (Å²) in [6, 6.07) is 4.05. The zero-order valence-electron chi connectivity index (χ0n) is 17.3. The second-order valence-electron chi connectivity index (χ2n) is 7.93. The average molecular weight is 381 g/mol. The van der Waals surface area contributed by atoms with Crippen molar-refractivity contribution in [3.05, 3.63) is 42.2 Å². The van der Waals surface area contributed by atoms with E-state index in [2.05, 4.69) is 29.1 Å². The van der Waals surface area contributed by atoms with Crippen LogP contribution < -0.4 is 5.32 Å². The van der Waals surface area contributed by atoms with Crippen LogP contribution in [0.1, 0.15) is 69.8 Å². The monoisotopic (exact) mass is 380 g/mol. The molecule has 2 aromatic heterocycles. The third-order valence-corrected chi connectivity index (χ3v) is 6.08. The average Bonchev–Trinajstić information content (AvgIpc) is 2.74. The molecule has 3 rings (SSSR count). The summed E-state index contributed by atoms with van der Waals surface area (Å²) in [5, 5.41) is 3.18. The Morgan fingerprint density at radius 2 is 1.82 bits per heavy atom. The van der Waals surface area contributed by atoms with Crippen LogP contribution in [0, 0.1) is 18.8 Å². The number of aryl methyl sites for hydroxylation is 1. The molecule has 150 valence electrons. The molecule has 0 aliphatic heterocycles. The zero-order valence-corrected chi connectivity index (χ0v) is 17.3. The fourth-order valence-electron chi connectivity index (χ4n) is 4.24. The van der Waals surface area contributed by atoms with Crippen LogP contribution in [0.3, 0.4) is 0 Å². The Morgan fingerprint density at radius 1 is 1.14 bits per heavy atom. The molecule has 1 N–H and O–H groups in total. The highest BCUT2D eigenvalue weighted by Crippen LogP contribution is 2.38. The van der Waals surface area contributed by atoms with Crippen molar-refractivity contribution in [3.8, 4) is 11.1 Å². The van der Waals surface area contributed by atoms with Crippen molar-refractivity contribution in [1.29, 1.82) is 0 Å². The fraction of sp³-hybridized carbons (Fsp3) is 0.565. The van der Waals surface area contributed by atoms with E-state index in [1.54, 1.807) is 0 Å². The second-order valence-corrected chi connectivity index (χ2v) is 7.93. The number of nitrogens with one attached hydrogen (secondary N) is 1. The predicted octanol–water partition coefficient (Wildman–Crippen LogP) is 4.67. The van der Waals surface area contributed by atoms with E-state index in [-0.39, 0.29) is 11.8 Å². The van der Waals surface area contributed by atoms with Gasteiger partial charge in [0.15, 0.2) is 0 Å². The molecule has 0 radical (unpaired) electrons. The summed E-state index contributed by atoms with van der Waals surface area (Å²) in [7, 11) is 0. The standard InChI is InChI=1S/C23H32N4O/c1-4-18(5-2)23(28)26-14-17-6-8-20(9-7-17)22-21(15-25-16(3)27-22)19-10-12-24-13-11-19/h10-13,15,17-18,20H,4-9,14H2,1-3H3,(H,26,28). The van der Waals surface area contributed by atoms with Crippen LogP contribution in [-0.2, 0) is 4.79 Å². The van der Waals surface area contributed by atoms with E-state index < -0.39 is 0 Å². The largest absolute Gasteiger partial charge is 0.356 e. The lowest BCUT2D eigenvalue weighted by molar-refractivity contribution is -0.125. The molecular formula is C23H32N4O. The summed E-state index contributed by atoms with van der Waals surface area (Å²) in [6.45, 7) is 6.94. The number of aromatic nitrogens is 3. The van der Waals surface area contributed by atoms with E-state index in [1.165, 1.54) is 5.69 Å². The number of pyridine rings is 1. The maximum Gasteiger partial charge on any atom is 0.223 e. The second kappa shape index (κ2) is 9.76. The van der Waals surface area contributed by atoms with E-state index in [4.69, 9.17) is 4.98 Å². The Labute approximate surface area is 168 Å². The van der Waals surface area contributed by atoms with Gasteiger partial charge in [-0.3, -0.25) is 9.78 Å². The van der Waals surface area contributed by atoms with Gasteiger partial charge in [-0.1, -0.05) is 13.8 Å². The molecule has 0 unspecified atom stereocenters. The summed E-state index contributed by atoms with van der Waals surface area (Å²) >= 11 is 0. The summed E-state index contributed by atoms with van der Waals surface area (Å²) < 4.78 is 0. The fourth-order valence-corrected chi connectivity index (χ4v) is 4.24. The molecule has 1 fully saturated rings. The lowest BCUT2D eigenvalue weighted by atomic mass is 9.79. The molecule has 1 aliphatic carbocycles. The maximum atomic E-state index is 12.2. The van der Waals surface area contributed by atoms with Crippen LogP contribution >= 0.6 is 0 Å². The molecule has 1 saturated carbocycles. The normalized spacial score (nSPS) is 19.6. The Hall–Kier alpha value is -2.30. The molecule has 0 saturated heterocycles. The van der Waals surface area contributed by atoms with E-state index in [0.29, 0.717) is 11.8 Å². The van der Waals surface area contributed by atoms with Crippen LogP contribution in [0.4, 0.5) is 0 Å². The van der Waals surface area contributed by atoms with Gasteiger partial charge in [0.25, 0.3) is 0 Å². The van der Waals surface area contributed by atoms with Gasteiger partial charge in [-0.05, 0) is 69.1 Å². The van der Waals surface area contributed by atoms with Crippen molar-refractivity contribution in [2.45, 2.75) is 65.2 Å². The lowest BCUT2D eigenvalue weighted by Crippen LogP contribution is -2.35. The minimum absolute atomic E-state index is 0.156. The third-order valence-electron chi connectivity index (χ3n) is 6.08. The molecule has 2 heterocycles. The smallest absolute Gasteiger partial charge is 0.223 e. The van der Waals surface area contributed by atoms with Crippen LogP contribution in [0.5, 0.6) is 0 Å². The highest BCUT2D eigenvalue weighted by atomic mass is 16.1. The van der Waals surface area contributed by atoms with Crippen molar-refractivity contribution in [1.82, 2.24) is 20.3 Å². The topological polar surface area (TPSA) is 67.8 Å². The minimum Gasteiger partial charge on any atom is -0.356 e. The number of carbonyl (C=O) groups excluding carboxylic acids is 1. The Kier molecular flexibility index (Phi) is 7.12. The summed E-state index contributed by atoms with van der Waals surface area (Å²) in [5.74, 6) is 2.23. The molecule has 0 spiro atoms. The Morgan fingerprint density at radius 3 is 2.46 bits per heavy atom. The predicted molar refractivity (Wildman–Crippen MR) is 112 cm³/mol. The van der Waals surface area contributed by atoms with Crippen LogP contribution in [0.25, 0.3) is 11.1 Å². The Balaban J connectivity index is 1.62. The van der Waals surface area contributed by atoms with Crippen molar-refractivity contribution in [3.63, 3.8) is 0 Å². The quantitative estimate of drug-likeness (QED) is 0.758. The highest BCUT2D eigenvalue weighted by molar-refractivity contribution is 5.78. The van der Waals surface area contributed by atoms with Gasteiger partial charge in [0.2, 0.25) is 5.91 Å². The van der Waals surface area contributed by atoms with Crippen LogP contribution in [0.15, 0.2) is 30.7 Å². The number of carbonyl (C=O) groups is 1. The third kappa shape index (κ3) is 4.94. The first-order valence-electron chi connectivity index (χ1n) is 10.6. The van der Waals surface area contributed by atoms with Crippen molar-refractivity contribution in [2.24, 2.45) is 11.8 Å². The van der Waals surface area contributed by atoms with Gasteiger partial charge < -0.3 is 5.32 Å². The molecule has 0 bridgehead atoms. The van der Waals surface area contributed by atoms with Crippen LogP contribution in [-0.4, -0.2) is 27.4 Å². The van der Waals surface area contributed by atoms with Crippen LogP contribution in [0.2, 0.25) is 0 Å². The van der Waals surface area contributed by atoms with Gasteiger partial charge >= 0.3 is 0 Å². The summed E-state index contributed by atoms with van der Waals surface area (Å²) in [6.07, 6.45) is 11.9. The number of nitrogens with zero attached hydrogens (tertiary/aromatic N) is 3. The first kappa shape index (κ1) is 20.4. The van der Waals surface area contributed by atoms with Gasteiger partial charge in [0, 0.05) is 42.5 Å². The SMILES string of the molecule is CCC(CC)C(=O)NCC1CCC(c2nc(C)ncc2-c2ccncc2)CC1. The molecule has 28 heavy (non-hydrogen) atoms. The highest BCUT2D eigenvalue weighted by Gasteiger charge is 2.26. The summed E-state index contributed by atoms with van der Waals surface area (Å²) in [5.41, 5.74) is 3.42. The number of hydrogen-bond donors (Lipinski definition) is 1. The van der Waals surface area contributed by atoms with Gasteiger partial charge in [-0.2, -0.15) is 0 Å². The zero-order chi connectivity index (χ0) is 19.9.